The van der Waals surface area contributed by atoms with Crippen LogP contribution >= 0.6 is 0 Å². The number of nitrogens with one attached hydrogen (secondary N) is 2. The molecule has 1 aliphatic rings. The largest absolute Gasteiger partial charge is 0.445 e. The number of amides is 3. The SMILES string of the molecule is CCNC(=O)CN1C(=O)C(NC(=O)OCc2ccccc2)N=C(c2ccccc2)c2ccccc21. The molecule has 0 radical (unpaired) electrons. The number of para-hydroxylation sites is 1. The second-order valence-electron chi connectivity index (χ2n) is 7.85. The van der Waals surface area contributed by atoms with Crippen LogP contribution in [0, 0.1) is 0 Å². The van der Waals surface area contributed by atoms with Crippen molar-refractivity contribution in [3.8, 4) is 0 Å². The molecule has 1 atom stereocenters. The third-order valence-corrected chi connectivity index (χ3v) is 5.40. The van der Waals surface area contributed by atoms with E-state index in [4.69, 9.17) is 4.74 Å². The van der Waals surface area contributed by atoms with Crippen molar-refractivity contribution in [3.05, 3.63) is 102 Å². The molecule has 0 saturated carbocycles. The van der Waals surface area contributed by atoms with Gasteiger partial charge in [0.05, 0.1) is 11.4 Å². The molecule has 3 aromatic rings. The summed E-state index contributed by atoms with van der Waals surface area (Å²) in [6.45, 7) is 2.08. The van der Waals surface area contributed by atoms with Gasteiger partial charge < -0.3 is 10.1 Å². The normalized spacial score (nSPS) is 14.9. The lowest BCUT2D eigenvalue weighted by molar-refractivity contribution is -0.124. The van der Waals surface area contributed by atoms with Crippen molar-refractivity contribution in [2.75, 3.05) is 18.0 Å². The zero-order chi connectivity index (χ0) is 24.6. The first-order valence-corrected chi connectivity index (χ1v) is 11.3. The van der Waals surface area contributed by atoms with Gasteiger partial charge in [-0.15, -0.1) is 0 Å². The van der Waals surface area contributed by atoms with Crippen LogP contribution in [-0.2, 0) is 20.9 Å². The number of fused-ring (bicyclic) bond motifs is 1. The molecular formula is C27H26N4O4. The lowest BCUT2D eigenvalue weighted by Crippen LogP contribution is -2.50. The fraction of sp³-hybridized carbons (Fsp3) is 0.185. The fourth-order valence-electron chi connectivity index (χ4n) is 3.79. The van der Waals surface area contributed by atoms with Crippen LogP contribution in [0.1, 0.15) is 23.6 Å². The van der Waals surface area contributed by atoms with Gasteiger partial charge in [-0.2, -0.15) is 0 Å². The first kappa shape index (κ1) is 23.7. The Bertz CT molecular complexity index is 1230. The van der Waals surface area contributed by atoms with E-state index in [1.165, 1.54) is 4.90 Å². The number of rotatable bonds is 7. The molecule has 1 aliphatic heterocycles. The number of carbonyl (C=O) groups is 3. The zero-order valence-electron chi connectivity index (χ0n) is 19.3. The van der Waals surface area contributed by atoms with Crippen molar-refractivity contribution in [2.24, 2.45) is 4.99 Å². The summed E-state index contributed by atoms with van der Waals surface area (Å²) in [5, 5.41) is 5.30. The average Bonchev–Trinajstić information content (AvgIpc) is 2.99. The Morgan fingerprint density at radius 2 is 1.60 bits per heavy atom. The number of ether oxygens (including phenoxy) is 1. The predicted octanol–water partition coefficient (Wildman–Crippen LogP) is 3.26. The van der Waals surface area contributed by atoms with E-state index in [9.17, 15) is 14.4 Å². The molecule has 0 saturated heterocycles. The minimum absolute atomic E-state index is 0.0473. The molecule has 1 heterocycles. The van der Waals surface area contributed by atoms with Gasteiger partial charge in [0.2, 0.25) is 12.1 Å². The molecule has 3 aromatic carbocycles. The third kappa shape index (κ3) is 5.73. The van der Waals surface area contributed by atoms with Crippen LogP contribution in [0.3, 0.4) is 0 Å². The quantitative estimate of drug-likeness (QED) is 0.554. The number of nitrogens with zero attached hydrogens (tertiary/aromatic N) is 2. The highest BCUT2D eigenvalue weighted by Crippen LogP contribution is 2.28. The second kappa shape index (κ2) is 11.1. The highest BCUT2D eigenvalue weighted by molar-refractivity contribution is 6.20. The van der Waals surface area contributed by atoms with Gasteiger partial charge in [-0.3, -0.25) is 19.8 Å². The van der Waals surface area contributed by atoms with Crippen molar-refractivity contribution >= 4 is 29.3 Å². The van der Waals surface area contributed by atoms with Gasteiger partial charge in [0.1, 0.15) is 13.2 Å². The van der Waals surface area contributed by atoms with Gasteiger partial charge in [0.25, 0.3) is 5.91 Å². The van der Waals surface area contributed by atoms with E-state index in [0.29, 0.717) is 23.5 Å². The number of hydrogen-bond donors (Lipinski definition) is 2. The van der Waals surface area contributed by atoms with E-state index in [1.54, 1.807) is 19.1 Å². The van der Waals surface area contributed by atoms with Crippen LogP contribution in [0.5, 0.6) is 0 Å². The van der Waals surface area contributed by atoms with E-state index >= 15 is 0 Å². The number of aliphatic imine (C=N–C) groups is 1. The van der Waals surface area contributed by atoms with Crippen molar-refractivity contribution < 1.29 is 19.1 Å². The summed E-state index contributed by atoms with van der Waals surface area (Å²) in [5.74, 6) is -0.851. The zero-order valence-corrected chi connectivity index (χ0v) is 19.3. The Kier molecular flexibility index (Phi) is 7.52. The predicted molar refractivity (Wildman–Crippen MR) is 133 cm³/mol. The van der Waals surface area contributed by atoms with E-state index < -0.39 is 18.2 Å². The molecule has 0 aromatic heterocycles. The summed E-state index contributed by atoms with van der Waals surface area (Å²) in [7, 11) is 0. The molecular weight excluding hydrogens is 444 g/mol. The van der Waals surface area contributed by atoms with E-state index in [-0.39, 0.29) is 19.1 Å². The van der Waals surface area contributed by atoms with Crippen LogP contribution in [0.15, 0.2) is 89.9 Å². The summed E-state index contributed by atoms with van der Waals surface area (Å²) < 4.78 is 5.32. The number of likely N-dealkylation sites (N-methyl/N-ethyl adjacent to an activating group) is 1. The Morgan fingerprint density at radius 3 is 2.31 bits per heavy atom. The highest BCUT2D eigenvalue weighted by Gasteiger charge is 2.34. The maximum Gasteiger partial charge on any atom is 0.409 e. The van der Waals surface area contributed by atoms with E-state index in [2.05, 4.69) is 15.6 Å². The molecule has 35 heavy (non-hydrogen) atoms. The molecule has 2 N–H and O–H groups in total. The van der Waals surface area contributed by atoms with Gasteiger partial charge >= 0.3 is 6.09 Å². The monoisotopic (exact) mass is 470 g/mol. The maximum absolute atomic E-state index is 13.6. The summed E-state index contributed by atoms with van der Waals surface area (Å²) >= 11 is 0. The van der Waals surface area contributed by atoms with Crippen LogP contribution in [0.2, 0.25) is 0 Å². The Morgan fingerprint density at radius 1 is 0.943 bits per heavy atom. The van der Waals surface area contributed by atoms with E-state index in [1.807, 2.05) is 72.8 Å². The molecule has 0 fully saturated rings. The average molecular weight is 471 g/mol. The molecule has 0 spiro atoms. The number of carbonyl (C=O) groups excluding carboxylic acids is 3. The smallest absolute Gasteiger partial charge is 0.409 e. The maximum atomic E-state index is 13.6. The van der Waals surface area contributed by atoms with E-state index in [0.717, 1.165) is 11.1 Å². The van der Waals surface area contributed by atoms with Crippen molar-refractivity contribution in [1.29, 1.82) is 0 Å². The van der Waals surface area contributed by atoms with Gasteiger partial charge in [-0.1, -0.05) is 78.9 Å². The molecule has 1 unspecified atom stereocenters. The lowest BCUT2D eigenvalue weighted by atomic mass is 10.0. The van der Waals surface area contributed by atoms with Gasteiger partial charge in [0.15, 0.2) is 0 Å². The van der Waals surface area contributed by atoms with Gasteiger partial charge in [-0.25, -0.2) is 9.79 Å². The highest BCUT2D eigenvalue weighted by atomic mass is 16.5. The van der Waals surface area contributed by atoms with Crippen LogP contribution < -0.4 is 15.5 Å². The molecule has 4 rings (SSSR count). The molecule has 178 valence electrons. The molecule has 0 aliphatic carbocycles. The second-order valence-corrected chi connectivity index (χ2v) is 7.85. The van der Waals surface area contributed by atoms with Crippen molar-refractivity contribution in [2.45, 2.75) is 19.7 Å². The van der Waals surface area contributed by atoms with Crippen molar-refractivity contribution in [3.63, 3.8) is 0 Å². The number of benzodiazepines with no additional fused rings is 1. The summed E-state index contributed by atoms with van der Waals surface area (Å²) in [6.07, 6.45) is -2.07. The first-order valence-electron chi connectivity index (χ1n) is 11.3. The molecule has 3 amide bonds. The van der Waals surface area contributed by atoms with Gasteiger partial charge in [0, 0.05) is 17.7 Å². The topological polar surface area (TPSA) is 100 Å². The number of alkyl carbamates (subject to hydrolysis) is 1. The first-order chi connectivity index (χ1) is 17.1. The standard InChI is InChI=1S/C27H26N4O4/c1-2-28-23(32)17-31-22-16-10-9-15-21(22)24(20-13-7-4-8-14-20)29-25(26(31)33)30-27(34)35-18-19-11-5-3-6-12-19/h3-16,25H,2,17-18H2,1H3,(H,28,32)(H,30,34). The van der Waals surface area contributed by atoms with Gasteiger partial charge in [-0.05, 0) is 18.6 Å². The Labute approximate surface area is 203 Å². The fourth-order valence-corrected chi connectivity index (χ4v) is 3.79. The number of anilines is 1. The summed E-state index contributed by atoms with van der Waals surface area (Å²) in [4.78, 5) is 44.7. The number of hydrogen-bond acceptors (Lipinski definition) is 5. The minimum atomic E-state index is -1.28. The minimum Gasteiger partial charge on any atom is -0.445 e. The molecule has 8 nitrogen and oxygen atoms in total. The number of benzene rings is 3. The summed E-state index contributed by atoms with van der Waals surface area (Å²) in [5.41, 5.74) is 3.33. The summed E-state index contributed by atoms with van der Waals surface area (Å²) in [6, 6.07) is 25.9. The van der Waals surface area contributed by atoms with Crippen LogP contribution in [-0.4, -0.2) is 42.9 Å². The Balaban J connectivity index is 1.68. The van der Waals surface area contributed by atoms with Crippen LogP contribution in [0.25, 0.3) is 0 Å². The Hall–Kier alpha value is -4.46. The lowest BCUT2D eigenvalue weighted by Gasteiger charge is -2.24. The van der Waals surface area contributed by atoms with Crippen LogP contribution in [0.4, 0.5) is 10.5 Å². The van der Waals surface area contributed by atoms with Crippen molar-refractivity contribution in [1.82, 2.24) is 10.6 Å². The molecule has 8 heteroatoms. The molecule has 0 bridgehead atoms. The third-order valence-electron chi connectivity index (χ3n) is 5.40.